The van der Waals surface area contributed by atoms with Crippen LogP contribution in [0, 0.1) is 0 Å². The number of carbonyl (C=O) groups excluding carboxylic acids is 2. The Morgan fingerprint density at radius 1 is 0.550 bits per heavy atom. The quantitative estimate of drug-likeness (QED) is 0.0513. The lowest BCUT2D eigenvalue weighted by molar-refractivity contribution is -0.161. The van der Waals surface area contributed by atoms with Crippen LogP contribution in [0.4, 0.5) is 0 Å². The van der Waals surface area contributed by atoms with E-state index < -0.39 is 6.10 Å². The molecular weight excluding hydrogens is 500 g/mol. The Bertz CT molecular complexity index is 574. The van der Waals surface area contributed by atoms with Gasteiger partial charge in [-0.25, -0.2) is 0 Å². The van der Waals surface area contributed by atoms with Gasteiger partial charge in [0.1, 0.15) is 6.61 Å². The summed E-state index contributed by atoms with van der Waals surface area (Å²) < 4.78 is 10.4. The summed E-state index contributed by atoms with van der Waals surface area (Å²) in [5, 5.41) is 9.39. The van der Waals surface area contributed by atoms with E-state index in [0.29, 0.717) is 12.8 Å². The molecule has 0 amide bonds. The Balaban J connectivity index is 3.40. The van der Waals surface area contributed by atoms with Gasteiger partial charge < -0.3 is 14.6 Å². The number of unbranched alkanes of at least 4 members (excludes halogenated alkanes) is 21. The predicted octanol–water partition coefficient (Wildman–Crippen LogP) is 10.2. The lowest BCUT2D eigenvalue weighted by atomic mass is 10.0. The molecule has 0 radical (unpaired) electrons. The number of aliphatic hydroxyl groups excluding tert-OH is 1. The number of allylic oxidation sites excluding steroid dienone is 2. The summed E-state index contributed by atoms with van der Waals surface area (Å²) in [6, 6.07) is 0. The van der Waals surface area contributed by atoms with Gasteiger partial charge in [0.15, 0.2) is 6.10 Å². The van der Waals surface area contributed by atoms with Gasteiger partial charge in [-0.3, -0.25) is 9.59 Å². The highest BCUT2D eigenvalue weighted by Gasteiger charge is 2.16. The van der Waals surface area contributed by atoms with Gasteiger partial charge in [0, 0.05) is 12.8 Å². The Kier molecular flexibility index (Phi) is 31.1. The molecule has 40 heavy (non-hydrogen) atoms. The van der Waals surface area contributed by atoms with Crippen molar-refractivity contribution >= 4 is 11.9 Å². The summed E-state index contributed by atoms with van der Waals surface area (Å²) in [5.41, 5.74) is 0. The fraction of sp³-hybridized carbons (Fsp3) is 0.886. The monoisotopic (exact) mass is 566 g/mol. The first-order chi connectivity index (χ1) is 19.6. The SMILES string of the molecule is CCCCCCCCCC/C=C\CCCCCCCCCCCCCC(=O)OC(CO)COC(=O)CCCCC. The molecule has 0 rings (SSSR count). The molecule has 0 aromatic heterocycles. The van der Waals surface area contributed by atoms with E-state index >= 15 is 0 Å². The minimum atomic E-state index is -0.761. The molecule has 1 unspecified atom stereocenters. The molecule has 0 spiro atoms. The first-order valence-electron chi connectivity index (χ1n) is 17.2. The minimum absolute atomic E-state index is 0.0658. The van der Waals surface area contributed by atoms with Crippen LogP contribution in [0.5, 0.6) is 0 Å². The molecule has 1 atom stereocenters. The van der Waals surface area contributed by atoms with E-state index in [0.717, 1.165) is 38.5 Å². The van der Waals surface area contributed by atoms with Crippen molar-refractivity contribution in [2.45, 2.75) is 187 Å². The van der Waals surface area contributed by atoms with Crippen LogP contribution in [0.1, 0.15) is 181 Å². The summed E-state index contributed by atoms with van der Waals surface area (Å²) in [6.45, 7) is 3.96. The largest absolute Gasteiger partial charge is 0.462 e. The number of hydrogen-bond acceptors (Lipinski definition) is 5. The maximum absolute atomic E-state index is 12.0. The van der Waals surface area contributed by atoms with E-state index in [1.807, 2.05) is 0 Å². The molecule has 0 bridgehead atoms. The van der Waals surface area contributed by atoms with Crippen molar-refractivity contribution in [3.63, 3.8) is 0 Å². The second-order valence-electron chi connectivity index (χ2n) is 11.6. The number of esters is 2. The van der Waals surface area contributed by atoms with Gasteiger partial charge >= 0.3 is 11.9 Å². The molecule has 0 aliphatic carbocycles. The van der Waals surface area contributed by atoms with E-state index in [1.54, 1.807) is 0 Å². The standard InChI is InChI=1S/C35H66O5/c1-3-5-7-8-9-10-11-12-13-14-15-16-17-18-19-20-21-22-23-24-25-26-28-30-35(38)40-33(31-36)32-39-34(37)29-27-6-4-2/h14-15,33,36H,3-13,16-32H2,1-2H3/b15-14-. The fourth-order valence-corrected chi connectivity index (χ4v) is 4.90. The molecule has 0 saturated heterocycles. The smallest absolute Gasteiger partial charge is 0.306 e. The van der Waals surface area contributed by atoms with E-state index in [-0.39, 0.29) is 25.2 Å². The van der Waals surface area contributed by atoms with Crippen molar-refractivity contribution in [2.24, 2.45) is 0 Å². The van der Waals surface area contributed by atoms with Crippen LogP contribution in [0.3, 0.4) is 0 Å². The van der Waals surface area contributed by atoms with Crippen molar-refractivity contribution < 1.29 is 24.2 Å². The molecule has 5 nitrogen and oxygen atoms in total. The van der Waals surface area contributed by atoms with Gasteiger partial charge in [0.25, 0.3) is 0 Å². The van der Waals surface area contributed by atoms with Gasteiger partial charge in [-0.05, 0) is 38.5 Å². The number of rotatable bonds is 31. The van der Waals surface area contributed by atoms with Crippen LogP contribution in [-0.2, 0) is 19.1 Å². The first kappa shape index (κ1) is 38.6. The lowest BCUT2D eigenvalue weighted by Gasteiger charge is -2.15. The lowest BCUT2D eigenvalue weighted by Crippen LogP contribution is -2.28. The summed E-state index contributed by atoms with van der Waals surface area (Å²) in [7, 11) is 0. The minimum Gasteiger partial charge on any atom is -0.462 e. The molecule has 0 fully saturated rings. The Hall–Kier alpha value is -1.36. The average Bonchev–Trinajstić information content (AvgIpc) is 2.95. The van der Waals surface area contributed by atoms with Gasteiger partial charge in [-0.15, -0.1) is 0 Å². The van der Waals surface area contributed by atoms with Crippen molar-refractivity contribution in [3.8, 4) is 0 Å². The van der Waals surface area contributed by atoms with Crippen LogP contribution < -0.4 is 0 Å². The Morgan fingerprint density at radius 3 is 1.40 bits per heavy atom. The normalized spacial score (nSPS) is 12.2. The molecule has 0 saturated carbocycles. The number of aliphatic hydroxyl groups is 1. The van der Waals surface area contributed by atoms with Crippen molar-refractivity contribution in [1.29, 1.82) is 0 Å². The molecule has 1 N–H and O–H groups in total. The molecule has 5 heteroatoms. The summed E-state index contributed by atoms with van der Waals surface area (Å²) in [5.74, 6) is -0.616. The van der Waals surface area contributed by atoms with Crippen LogP contribution in [0.25, 0.3) is 0 Å². The van der Waals surface area contributed by atoms with Crippen LogP contribution >= 0.6 is 0 Å². The third-order valence-electron chi connectivity index (χ3n) is 7.56. The van der Waals surface area contributed by atoms with Gasteiger partial charge in [0.2, 0.25) is 0 Å². The maximum Gasteiger partial charge on any atom is 0.306 e. The molecule has 0 aliphatic rings. The van der Waals surface area contributed by atoms with Gasteiger partial charge in [-0.1, -0.05) is 142 Å². The topological polar surface area (TPSA) is 72.8 Å². The van der Waals surface area contributed by atoms with Crippen molar-refractivity contribution in [2.75, 3.05) is 13.2 Å². The van der Waals surface area contributed by atoms with E-state index in [1.165, 1.54) is 116 Å². The van der Waals surface area contributed by atoms with E-state index in [4.69, 9.17) is 9.47 Å². The summed E-state index contributed by atoms with van der Waals surface area (Å²) in [4.78, 5) is 23.7. The van der Waals surface area contributed by atoms with Crippen LogP contribution in [-0.4, -0.2) is 36.4 Å². The predicted molar refractivity (Wildman–Crippen MR) is 168 cm³/mol. The van der Waals surface area contributed by atoms with E-state index in [2.05, 4.69) is 26.0 Å². The zero-order chi connectivity index (χ0) is 29.4. The third-order valence-corrected chi connectivity index (χ3v) is 7.56. The number of hydrogen-bond donors (Lipinski definition) is 1. The zero-order valence-electron chi connectivity index (χ0n) is 26.6. The van der Waals surface area contributed by atoms with Crippen molar-refractivity contribution in [1.82, 2.24) is 0 Å². The second-order valence-corrected chi connectivity index (χ2v) is 11.6. The molecule has 0 heterocycles. The third kappa shape index (κ3) is 29.6. The highest BCUT2D eigenvalue weighted by Crippen LogP contribution is 2.14. The highest BCUT2D eigenvalue weighted by molar-refractivity contribution is 5.70. The maximum atomic E-state index is 12.0. The second kappa shape index (κ2) is 32.2. The number of ether oxygens (including phenoxy) is 2. The van der Waals surface area contributed by atoms with Crippen molar-refractivity contribution in [3.05, 3.63) is 12.2 Å². The highest BCUT2D eigenvalue weighted by atomic mass is 16.6. The summed E-state index contributed by atoms with van der Waals surface area (Å²) >= 11 is 0. The van der Waals surface area contributed by atoms with Gasteiger partial charge in [-0.2, -0.15) is 0 Å². The fourth-order valence-electron chi connectivity index (χ4n) is 4.90. The number of carbonyl (C=O) groups is 2. The first-order valence-corrected chi connectivity index (χ1v) is 17.2. The summed E-state index contributed by atoms with van der Waals surface area (Å²) in [6.07, 6.45) is 34.9. The molecular formula is C35H66O5. The molecule has 236 valence electrons. The van der Waals surface area contributed by atoms with Crippen LogP contribution in [0.2, 0.25) is 0 Å². The molecule has 0 aromatic rings. The molecule has 0 aromatic carbocycles. The average molecular weight is 567 g/mol. The Labute approximate surface area is 248 Å². The molecule has 0 aliphatic heterocycles. The zero-order valence-corrected chi connectivity index (χ0v) is 26.6. The van der Waals surface area contributed by atoms with Crippen LogP contribution in [0.15, 0.2) is 12.2 Å². The van der Waals surface area contributed by atoms with Gasteiger partial charge in [0.05, 0.1) is 6.61 Å². The van der Waals surface area contributed by atoms with E-state index in [9.17, 15) is 14.7 Å². The Morgan fingerprint density at radius 2 is 0.925 bits per heavy atom.